The van der Waals surface area contributed by atoms with Crippen molar-refractivity contribution in [2.45, 2.75) is 25.4 Å². The average molecular weight is 230 g/mol. The molecule has 1 fully saturated rings. The summed E-state index contributed by atoms with van der Waals surface area (Å²) >= 11 is 0. The van der Waals surface area contributed by atoms with Crippen LogP contribution in [0.25, 0.3) is 5.65 Å². The van der Waals surface area contributed by atoms with Gasteiger partial charge in [-0.25, -0.2) is 4.98 Å². The van der Waals surface area contributed by atoms with Gasteiger partial charge in [-0.15, -0.1) is 0 Å². The van der Waals surface area contributed by atoms with Gasteiger partial charge >= 0.3 is 0 Å². The molecule has 0 radical (unpaired) electrons. The maximum atomic E-state index is 5.91. The van der Waals surface area contributed by atoms with Crippen molar-refractivity contribution >= 4 is 5.65 Å². The van der Waals surface area contributed by atoms with Crippen LogP contribution in [0.1, 0.15) is 18.4 Å². The summed E-state index contributed by atoms with van der Waals surface area (Å²) in [4.78, 5) is 6.78. The molecule has 0 amide bonds. The highest BCUT2D eigenvalue weighted by Crippen LogP contribution is 2.13. The number of piperidine rings is 1. The summed E-state index contributed by atoms with van der Waals surface area (Å²) in [5, 5.41) is 0. The predicted octanol–water partition coefficient (Wildman–Crippen LogP) is 1.26. The van der Waals surface area contributed by atoms with Crippen molar-refractivity contribution in [1.82, 2.24) is 14.3 Å². The Balaban J connectivity index is 1.71. The summed E-state index contributed by atoms with van der Waals surface area (Å²) in [6, 6.07) is 4.73. The quantitative estimate of drug-likeness (QED) is 0.844. The van der Waals surface area contributed by atoms with Crippen LogP contribution in [0.15, 0.2) is 30.7 Å². The molecule has 3 rings (SSSR count). The van der Waals surface area contributed by atoms with Crippen LogP contribution in [0.3, 0.4) is 0 Å². The number of hydrogen-bond acceptors (Lipinski definition) is 3. The molecule has 0 aliphatic carbocycles. The van der Waals surface area contributed by atoms with Gasteiger partial charge < -0.3 is 10.1 Å². The van der Waals surface area contributed by atoms with Gasteiger partial charge in [0.05, 0.1) is 0 Å². The van der Waals surface area contributed by atoms with Crippen molar-refractivity contribution in [1.29, 1.82) is 0 Å². The lowest BCUT2D eigenvalue weighted by molar-refractivity contribution is 0.205. The minimum absolute atomic E-state index is 0.404. The van der Waals surface area contributed by atoms with Gasteiger partial charge in [0, 0.05) is 31.2 Å². The lowest BCUT2D eigenvalue weighted by atomic mass is 10.1. The number of likely N-dealkylation sites (tertiary alicyclic amines) is 1. The zero-order valence-corrected chi connectivity index (χ0v) is 9.92. The Labute approximate surface area is 101 Å². The molecule has 0 aromatic carbocycles. The average Bonchev–Trinajstić information content (AvgIpc) is 2.79. The third-order valence-corrected chi connectivity index (χ3v) is 3.50. The van der Waals surface area contributed by atoms with Gasteiger partial charge in [-0.2, -0.15) is 0 Å². The van der Waals surface area contributed by atoms with E-state index in [2.05, 4.69) is 28.2 Å². The van der Waals surface area contributed by atoms with Gasteiger partial charge in [0.25, 0.3) is 0 Å². The molecule has 0 bridgehead atoms. The van der Waals surface area contributed by atoms with Crippen LogP contribution in [0.2, 0.25) is 0 Å². The SMILES string of the molecule is NC1CCN(Cc2ccn3ccnc3c2)CC1. The molecule has 1 aliphatic rings. The van der Waals surface area contributed by atoms with E-state index in [1.807, 2.05) is 16.8 Å². The summed E-state index contributed by atoms with van der Waals surface area (Å²) in [6.07, 6.45) is 8.11. The van der Waals surface area contributed by atoms with Crippen LogP contribution < -0.4 is 5.73 Å². The lowest BCUT2D eigenvalue weighted by Crippen LogP contribution is -2.39. The summed E-state index contributed by atoms with van der Waals surface area (Å²) in [5.74, 6) is 0. The van der Waals surface area contributed by atoms with Gasteiger partial charge in [-0.3, -0.25) is 4.90 Å². The molecule has 0 spiro atoms. The molecular weight excluding hydrogens is 212 g/mol. The van der Waals surface area contributed by atoms with Crippen LogP contribution in [0, 0.1) is 0 Å². The van der Waals surface area contributed by atoms with E-state index in [9.17, 15) is 0 Å². The number of hydrogen-bond donors (Lipinski definition) is 1. The number of nitrogens with zero attached hydrogens (tertiary/aromatic N) is 3. The van der Waals surface area contributed by atoms with Gasteiger partial charge in [0.2, 0.25) is 0 Å². The topological polar surface area (TPSA) is 46.6 Å². The van der Waals surface area contributed by atoms with Crippen LogP contribution in [-0.2, 0) is 6.54 Å². The minimum atomic E-state index is 0.404. The first-order valence-electron chi connectivity index (χ1n) is 6.21. The zero-order chi connectivity index (χ0) is 11.7. The smallest absolute Gasteiger partial charge is 0.136 e. The first-order chi connectivity index (χ1) is 8.31. The first-order valence-corrected chi connectivity index (χ1v) is 6.21. The summed E-state index contributed by atoms with van der Waals surface area (Å²) in [6.45, 7) is 3.23. The molecule has 0 unspecified atom stereocenters. The fourth-order valence-corrected chi connectivity index (χ4v) is 2.42. The van der Waals surface area contributed by atoms with E-state index in [1.54, 1.807) is 0 Å². The highest BCUT2D eigenvalue weighted by molar-refractivity contribution is 5.41. The number of fused-ring (bicyclic) bond motifs is 1. The number of pyridine rings is 1. The summed E-state index contributed by atoms with van der Waals surface area (Å²) < 4.78 is 2.04. The second-order valence-corrected chi connectivity index (χ2v) is 4.84. The van der Waals surface area contributed by atoms with Crippen LogP contribution in [0.5, 0.6) is 0 Å². The van der Waals surface area contributed by atoms with Crippen molar-refractivity contribution < 1.29 is 0 Å². The van der Waals surface area contributed by atoms with E-state index in [4.69, 9.17) is 5.73 Å². The molecule has 1 aliphatic heterocycles. The molecule has 4 nitrogen and oxygen atoms in total. The van der Waals surface area contributed by atoms with E-state index in [1.165, 1.54) is 5.56 Å². The third kappa shape index (κ3) is 2.33. The van der Waals surface area contributed by atoms with Gasteiger partial charge in [0.15, 0.2) is 0 Å². The molecule has 2 N–H and O–H groups in total. The normalized spacial score (nSPS) is 18.9. The number of imidazole rings is 1. The Kier molecular flexibility index (Phi) is 2.82. The zero-order valence-electron chi connectivity index (χ0n) is 9.92. The van der Waals surface area contributed by atoms with E-state index in [-0.39, 0.29) is 0 Å². The van der Waals surface area contributed by atoms with Crippen LogP contribution >= 0.6 is 0 Å². The van der Waals surface area contributed by atoms with E-state index in [0.29, 0.717) is 6.04 Å². The van der Waals surface area contributed by atoms with E-state index < -0.39 is 0 Å². The first kappa shape index (κ1) is 10.7. The Morgan fingerprint density at radius 2 is 2.12 bits per heavy atom. The fraction of sp³-hybridized carbons (Fsp3) is 0.462. The molecule has 2 aromatic heterocycles. The maximum absolute atomic E-state index is 5.91. The van der Waals surface area contributed by atoms with Gasteiger partial charge in [-0.1, -0.05) is 0 Å². The molecule has 17 heavy (non-hydrogen) atoms. The molecule has 1 saturated heterocycles. The van der Waals surface area contributed by atoms with Crippen molar-refractivity contribution in [3.05, 3.63) is 36.3 Å². The second-order valence-electron chi connectivity index (χ2n) is 4.84. The summed E-state index contributed by atoms with van der Waals surface area (Å²) in [7, 11) is 0. The molecule has 4 heteroatoms. The molecule has 0 atom stereocenters. The third-order valence-electron chi connectivity index (χ3n) is 3.50. The van der Waals surface area contributed by atoms with Gasteiger partial charge in [-0.05, 0) is 43.6 Å². The number of rotatable bonds is 2. The lowest BCUT2D eigenvalue weighted by Gasteiger charge is -2.30. The molecule has 0 saturated carbocycles. The fourth-order valence-electron chi connectivity index (χ4n) is 2.42. The van der Waals surface area contributed by atoms with E-state index >= 15 is 0 Å². The van der Waals surface area contributed by atoms with Crippen molar-refractivity contribution in [3.63, 3.8) is 0 Å². The number of nitrogens with two attached hydrogens (primary N) is 1. The van der Waals surface area contributed by atoms with Crippen molar-refractivity contribution in [2.75, 3.05) is 13.1 Å². The van der Waals surface area contributed by atoms with Crippen molar-refractivity contribution in [3.8, 4) is 0 Å². The monoisotopic (exact) mass is 230 g/mol. The Bertz CT molecular complexity index is 497. The molecular formula is C13H18N4. The van der Waals surface area contributed by atoms with Crippen LogP contribution in [-0.4, -0.2) is 33.4 Å². The van der Waals surface area contributed by atoms with Crippen molar-refractivity contribution in [2.24, 2.45) is 5.73 Å². The highest BCUT2D eigenvalue weighted by atomic mass is 15.1. The molecule has 3 heterocycles. The minimum Gasteiger partial charge on any atom is -0.328 e. The Hall–Kier alpha value is -1.39. The van der Waals surface area contributed by atoms with E-state index in [0.717, 1.165) is 38.1 Å². The van der Waals surface area contributed by atoms with Crippen LogP contribution in [0.4, 0.5) is 0 Å². The standard InChI is InChI=1S/C13H18N4/c14-12-2-5-16(6-3-12)10-11-1-7-17-8-4-15-13(17)9-11/h1,4,7-9,12H,2-3,5-6,10,14H2. The maximum Gasteiger partial charge on any atom is 0.136 e. The Morgan fingerprint density at radius 1 is 1.29 bits per heavy atom. The number of aromatic nitrogens is 2. The highest BCUT2D eigenvalue weighted by Gasteiger charge is 2.15. The summed E-state index contributed by atoms with van der Waals surface area (Å²) in [5.41, 5.74) is 8.27. The van der Waals surface area contributed by atoms with Gasteiger partial charge in [0.1, 0.15) is 5.65 Å². The predicted molar refractivity (Wildman–Crippen MR) is 67.7 cm³/mol. The second kappa shape index (κ2) is 4.47. The molecule has 2 aromatic rings. The Morgan fingerprint density at radius 3 is 2.94 bits per heavy atom. The molecule has 90 valence electrons. The largest absolute Gasteiger partial charge is 0.328 e.